The van der Waals surface area contributed by atoms with Crippen LogP contribution >= 0.6 is 0 Å². The lowest BCUT2D eigenvalue weighted by Gasteiger charge is -2.33. The lowest BCUT2D eigenvalue weighted by molar-refractivity contribution is 0.0989. The number of rotatable bonds is 10. The first kappa shape index (κ1) is 30.5. The summed E-state index contributed by atoms with van der Waals surface area (Å²) in [6, 6.07) is 14.5. The SMILES string of the molecule is CC(C)(C)c1cc(N(N)c2ccc(OCCCCCCN(C(=O)O)C(C)(C)C)cc2)cc(C(C)(C)C)c1. The Balaban J connectivity index is 1.91. The van der Waals surface area contributed by atoms with Crippen molar-refractivity contribution in [3.63, 3.8) is 0 Å². The van der Waals surface area contributed by atoms with E-state index in [-0.39, 0.29) is 16.4 Å². The van der Waals surface area contributed by atoms with Gasteiger partial charge in [0.15, 0.2) is 0 Å². The first-order valence-corrected chi connectivity index (χ1v) is 13.4. The fourth-order valence-corrected chi connectivity index (χ4v) is 4.10. The third-order valence-corrected chi connectivity index (χ3v) is 6.63. The van der Waals surface area contributed by atoms with E-state index in [1.165, 1.54) is 16.0 Å². The molecule has 0 bridgehead atoms. The van der Waals surface area contributed by atoms with E-state index in [0.29, 0.717) is 13.2 Å². The Hall–Kier alpha value is -2.73. The summed E-state index contributed by atoms with van der Waals surface area (Å²) in [7, 11) is 0. The third-order valence-electron chi connectivity index (χ3n) is 6.63. The van der Waals surface area contributed by atoms with E-state index in [9.17, 15) is 9.90 Å². The summed E-state index contributed by atoms with van der Waals surface area (Å²) in [5.74, 6) is 7.40. The number of carbonyl (C=O) groups is 1. The number of hydrogen-bond acceptors (Lipinski definition) is 4. The highest BCUT2D eigenvalue weighted by Gasteiger charge is 2.25. The standard InChI is InChI=1S/C31H49N3O3/c1-29(2,3)23-20-24(30(4,5)6)22-26(21-23)34(32)25-14-16-27(17-15-25)37-19-13-11-10-12-18-33(28(35)36)31(7,8)9/h14-17,20-22H,10-13,18-19,32H2,1-9H3,(H,35,36). The molecule has 0 heterocycles. The molecule has 0 atom stereocenters. The maximum atomic E-state index is 11.4. The van der Waals surface area contributed by atoms with Gasteiger partial charge in [-0.1, -0.05) is 60.5 Å². The van der Waals surface area contributed by atoms with E-state index in [2.05, 4.69) is 59.7 Å². The number of benzene rings is 2. The van der Waals surface area contributed by atoms with Gasteiger partial charge in [0.2, 0.25) is 0 Å². The topological polar surface area (TPSA) is 79.0 Å². The van der Waals surface area contributed by atoms with Crippen LogP contribution in [-0.4, -0.2) is 34.8 Å². The fraction of sp³-hybridized carbons (Fsp3) is 0.581. The van der Waals surface area contributed by atoms with Crippen molar-refractivity contribution < 1.29 is 14.6 Å². The molecule has 206 valence electrons. The van der Waals surface area contributed by atoms with Crippen LogP contribution in [0.5, 0.6) is 5.75 Å². The molecule has 2 aromatic rings. The minimum absolute atomic E-state index is 0.0246. The van der Waals surface area contributed by atoms with E-state index in [1.54, 1.807) is 5.01 Å². The molecule has 0 aliphatic rings. The van der Waals surface area contributed by atoms with Gasteiger partial charge in [-0.3, -0.25) is 5.01 Å². The monoisotopic (exact) mass is 511 g/mol. The van der Waals surface area contributed by atoms with Crippen molar-refractivity contribution >= 4 is 17.5 Å². The molecule has 2 rings (SSSR count). The second kappa shape index (κ2) is 12.2. The Bertz CT molecular complexity index is 980. The highest BCUT2D eigenvalue weighted by Crippen LogP contribution is 2.35. The van der Waals surface area contributed by atoms with Crippen LogP contribution in [0.25, 0.3) is 0 Å². The van der Waals surface area contributed by atoms with Gasteiger partial charge in [0.05, 0.1) is 18.0 Å². The molecule has 0 spiro atoms. The average Bonchev–Trinajstić information content (AvgIpc) is 2.78. The normalized spacial score (nSPS) is 12.4. The van der Waals surface area contributed by atoms with Crippen LogP contribution in [0.4, 0.5) is 16.2 Å². The zero-order chi connectivity index (χ0) is 28.0. The van der Waals surface area contributed by atoms with Crippen molar-refractivity contribution in [1.82, 2.24) is 4.90 Å². The van der Waals surface area contributed by atoms with Crippen LogP contribution in [-0.2, 0) is 10.8 Å². The van der Waals surface area contributed by atoms with Gasteiger partial charge < -0.3 is 14.7 Å². The van der Waals surface area contributed by atoms with Gasteiger partial charge >= 0.3 is 6.09 Å². The maximum Gasteiger partial charge on any atom is 0.407 e. The Morgan fingerprint density at radius 2 is 1.30 bits per heavy atom. The number of amides is 1. The van der Waals surface area contributed by atoms with Gasteiger partial charge in [0, 0.05) is 12.1 Å². The first-order valence-electron chi connectivity index (χ1n) is 13.4. The summed E-state index contributed by atoms with van der Waals surface area (Å²) in [5.41, 5.74) is 4.08. The van der Waals surface area contributed by atoms with Gasteiger partial charge in [-0.15, -0.1) is 0 Å². The van der Waals surface area contributed by atoms with E-state index in [1.807, 2.05) is 45.0 Å². The highest BCUT2D eigenvalue weighted by molar-refractivity contribution is 5.66. The van der Waals surface area contributed by atoms with Crippen LogP contribution in [0.15, 0.2) is 42.5 Å². The number of ether oxygens (including phenoxy) is 1. The van der Waals surface area contributed by atoms with Crippen LogP contribution in [0, 0.1) is 0 Å². The molecule has 37 heavy (non-hydrogen) atoms. The lowest BCUT2D eigenvalue weighted by Crippen LogP contribution is -2.45. The Labute approximate surface area is 224 Å². The molecule has 0 aliphatic carbocycles. The zero-order valence-corrected chi connectivity index (χ0v) is 24.5. The van der Waals surface area contributed by atoms with E-state index >= 15 is 0 Å². The molecule has 0 fully saturated rings. The molecule has 2 aromatic carbocycles. The first-order chi connectivity index (χ1) is 17.0. The molecule has 0 radical (unpaired) electrons. The van der Waals surface area contributed by atoms with E-state index in [4.69, 9.17) is 10.6 Å². The van der Waals surface area contributed by atoms with Crippen molar-refractivity contribution in [3.05, 3.63) is 53.6 Å². The summed E-state index contributed by atoms with van der Waals surface area (Å²) in [5, 5.41) is 11.1. The van der Waals surface area contributed by atoms with Crippen LogP contribution < -0.4 is 15.6 Å². The van der Waals surface area contributed by atoms with Crippen molar-refractivity contribution in [2.24, 2.45) is 5.84 Å². The number of nitrogens with two attached hydrogens (primary N) is 1. The molecule has 0 saturated heterocycles. The van der Waals surface area contributed by atoms with Crippen molar-refractivity contribution in [2.45, 2.75) is 104 Å². The predicted octanol–water partition coefficient (Wildman–Crippen LogP) is 8.01. The second-order valence-corrected chi connectivity index (χ2v) is 13.0. The van der Waals surface area contributed by atoms with Gasteiger partial charge in [-0.25, -0.2) is 10.6 Å². The summed E-state index contributed by atoms with van der Waals surface area (Å²) < 4.78 is 5.93. The minimum atomic E-state index is -0.855. The van der Waals surface area contributed by atoms with Crippen LogP contribution in [0.1, 0.15) is 99.1 Å². The van der Waals surface area contributed by atoms with Gasteiger partial charge in [-0.2, -0.15) is 0 Å². The molecule has 0 saturated carbocycles. The quantitative estimate of drug-likeness (QED) is 0.192. The Kier molecular flexibility index (Phi) is 10.1. The van der Waals surface area contributed by atoms with Crippen molar-refractivity contribution in [3.8, 4) is 5.75 Å². The van der Waals surface area contributed by atoms with E-state index < -0.39 is 6.09 Å². The summed E-state index contributed by atoms with van der Waals surface area (Å²) in [6.45, 7) is 20.3. The molecule has 0 unspecified atom stereocenters. The van der Waals surface area contributed by atoms with Gasteiger partial charge in [-0.05, 0) is 92.0 Å². The number of unbranched alkanes of at least 4 members (excludes halogenated alkanes) is 3. The fourth-order valence-electron chi connectivity index (χ4n) is 4.10. The average molecular weight is 512 g/mol. The number of hydrazine groups is 1. The molecule has 0 aromatic heterocycles. The number of nitrogens with zero attached hydrogens (tertiary/aromatic N) is 2. The Morgan fingerprint density at radius 1 is 0.784 bits per heavy atom. The molecule has 6 heteroatoms. The highest BCUT2D eigenvalue weighted by atomic mass is 16.5. The molecule has 3 N–H and O–H groups in total. The molecular formula is C31H49N3O3. The van der Waals surface area contributed by atoms with Crippen molar-refractivity contribution in [2.75, 3.05) is 18.2 Å². The van der Waals surface area contributed by atoms with Gasteiger partial charge in [0.25, 0.3) is 0 Å². The third kappa shape index (κ3) is 9.26. The molecular weight excluding hydrogens is 462 g/mol. The van der Waals surface area contributed by atoms with Crippen LogP contribution in [0.3, 0.4) is 0 Å². The molecule has 6 nitrogen and oxygen atoms in total. The largest absolute Gasteiger partial charge is 0.494 e. The van der Waals surface area contributed by atoms with Gasteiger partial charge in [0.1, 0.15) is 5.75 Å². The Morgan fingerprint density at radius 3 is 1.76 bits per heavy atom. The zero-order valence-electron chi connectivity index (χ0n) is 24.5. The second-order valence-electron chi connectivity index (χ2n) is 13.0. The maximum absolute atomic E-state index is 11.4. The summed E-state index contributed by atoms with van der Waals surface area (Å²) in [4.78, 5) is 12.9. The van der Waals surface area contributed by atoms with Crippen molar-refractivity contribution in [1.29, 1.82) is 0 Å². The summed E-state index contributed by atoms with van der Waals surface area (Å²) in [6.07, 6.45) is 2.92. The lowest BCUT2D eigenvalue weighted by atomic mass is 9.80. The number of hydrogen-bond donors (Lipinski definition) is 2. The van der Waals surface area contributed by atoms with E-state index in [0.717, 1.165) is 42.8 Å². The molecule has 0 aliphatic heterocycles. The van der Waals surface area contributed by atoms with Crippen LogP contribution in [0.2, 0.25) is 0 Å². The number of carboxylic acid groups (broad SMARTS) is 1. The smallest absolute Gasteiger partial charge is 0.407 e. The molecule has 1 amide bonds. The predicted molar refractivity (Wildman–Crippen MR) is 155 cm³/mol. The minimum Gasteiger partial charge on any atom is -0.494 e. The number of anilines is 2. The summed E-state index contributed by atoms with van der Waals surface area (Å²) >= 11 is 0.